The third-order valence-electron chi connectivity index (χ3n) is 6.04. The van der Waals surface area contributed by atoms with Crippen molar-refractivity contribution in [2.75, 3.05) is 33.3 Å². The molecule has 1 aromatic heterocycles. The second-order valence-corrected chi connectivity index (χ2v) is 7.98. The third kappa shape index (κ3) is 4.80. The number of pyridine rings is 1. The van der Waals surface area contributed by atoms with E-state index < -0.39 is 6.10 Å². The molecular formula is C23H29N3O4. The van der Waals surface area contributed by atoms with Gasteiger partial charge in [0.05, 0.1) is 32.0 Å². The molecule has 160 valence electrons. The molecule has 1 aromatic carbocycles. The summed E-state index contributed by atoms with van der Waals surface area (Å²) in [6.45, 7) is 3.23. The van der Waals surface area contributed by atoms with E-state index in [9.17, 15) is 9.90 Å². The van der Waals surface area contributed by atoms with Crippen LogP contribution >= 0.6 is 0 Å². The summed E-state index contributed by atoms with van der Waals surface area (Å²) in [5, 5.41) is 10.6. The van der Waals surface area contributed by atoms with E-state index in [2.05, 4.69) is 9.88 Å². The molecule has 0 radical (unpaired) electrons. The zero-order valence-electron chi connectivity index (χ0n) is 17.3. The molecule has 2 saturated heterocycles. The first kappa shape index (κ1) is 20.8. The number of hydrogen-bond acceptors (Lipinski definition) is 6. The van der Waals surface area contributed by atoms with E-state index in [-0.39, 0.29) is 18.1 Å². The zero-order valence-corrected chi connectivity index (χ0v) is 17.3. The van der Waals surface area contributed by atoms with E-state index in [0.717, 1.165) is 37.2 Å². The molecule has 0 aliphatic carbocycles. The van der Waals surface area contributed by atoms with Crippen molar-refractivity contribution in [1.29, 1.82) is 0 Å². The van der Waals surface area contributed by atoms with Gasteiger partial charge in [0, 0.05) is 44.1 Å². The zero-order chi connectivity index (χ0) is 20.9. The van der Waals surface area contributed by atoms with Crippen LogP contribution in [-0.2, 0) is 11.3 Å². The highest BCUT2D eigenvalue weighted by Crippen LogP contribution is 2.24. The minimum Gasteiger partial charge on any atom is -0.497 e. The van der Waals surface area contributed by atoms with E-state index in [4.69, 9.17) is 9.47 Å². The maximum absolute atomic E-state index is 12.8. The van der Waals surface area contributed by atoms with Crippen molar-refractivity contribution in [1.82, 2.24) is 14.8 Å². The molecule has 0 bridgehead atoms. The molecule has 2 aliphatic rings. The molecule has 0 unspecified atom stereocenters. The molecule has 30 heavy (non-hydrogen) atoms. The number of aromatic nitrogens is 1. The molecule has 2 aromatic rings. The topological polar surface area (TPSA) is 75.1 Å². The Morgan fingerprint density at radius 1 is 1.17 bits per heavy atom. The summed E-state index contributed by atoms with van der Waals surface area (Å²) in [5.74, 6) is 0.674. The number of methoxy groups -OCH3 is 1. The fourth-order valence-corrected chi connectivity index (χ4v) is 4.28. The number of likely N-dealkylation sites (tertiary alicyclic amines) is 2. The minimum absolute atomic E-state index is 0.0218. The highest BCUT2D eigenvalue weighted by molar-refractivity contribution is 5.94. The molecule has 7 nitrogen and oxygen atoms in total. The van der Waals surface area contributed by atoms with E-state index in [1.54, 1.807) is 42.5 Å². The Bertz CT molecular complexity index is 822. The number of rotatable bonds is 6. The van der Waals surface area contributed by atoms with Crippen LogP contribution in [0, 0.1) is 0 Å². The van der Waals surface area contributed by atoms with Gasteiger partial charge in [-0.25, -0.2) is 0 Å². The number of aliphatic hydroxyl groups excluding tert-OH is 1. The normalized spacial score (nSPS) is 22.9. The van der Waals surface area contributed by atoms with Crippen LogP contribution in [0.4, 0.5) is 0 Å². The number of aliphatic hydroxyl groups is 1. The molecule has 2 atom stereocenters. The van der Waals surface area contributed by atoms with E-state index in [1.165, 1.54) is 0 Å². The Morgan fingerprint density at radius 2 is 1.93 bits per heavy atom. The molecular weight excluding hydrogens is 382 g/mol. The van der Waals surface area contributed by atoms with Gasteiger partial charge >= 0.3 is 0 Å². The minimum atomic E-state index is -0.528. The van der Waals surface area contributed by atoms with Gasteiger partial charge in [-0.2, -0.15) is 0 Å². The largest absolute Gasteiger partial charge is 0.497 e. The lowest BCUT2D eigenvalue weighted by atomic mass is 10.0. The van der Waals surface area contributed by atoms with Gasteiger partial charge in [-0.1, -0.05) is 6.07 Å². The quantitative estimate of drug-likeness (QED) is 0.783. The van der Waals surface area contributed by atoms with Crippen molar-refractivity contribution in [3.8, 4) is 5.75 Å². The average molecular weight is 412 g/mol. The van der Waals surface area contributed by atoms with Gasteiger partial charge in [-0.15, -0.1) is 0 Å². The lowest BCUT2D eigenvalue weighted by Crippen LogP contribution is -2.48. The van der Waals surface area contributed by atoms with Gasteiger partial charge in [0.2, 0.25) is 0 Å². The van der Waals surface area contributed by atoms with Crippen LogP contribution in [0.2, 0.25) is 0 Å². The van der Waals surface area contributed by atoms with Gasteiger partial charge in [-0.3, -0.25) is 14.7 Å². The lowest BCUT2D eigenvalue weighted by Gasteiger charge is -2.36. The van der Waals surface area contributed by atoms with Crippen LogP contribution in [-0.4, -0.2) is 77.3 Å². The van der Waals surface area contributed by atoms with Gasteiger partial charge in [0.1, 0.15) is 5.75 Å². The second-order valence-electron chi connectivity index (χ2n) is 7.98. The summed E-state index contributed by atoms with van der Waals surface area (Å²) in [5.41, 5.74) is 1.70. The van der Waals surface area contributed by atoms with E-state index >= 15 is 0 Å². The monoisotopic (exact) mass is 411 g/mol. The van der Waals surface area contributed by atoms with E-state index in [0.29, 0.717) is 25.3 Å². The number of β-amino-alcohol motifs (C(OH)–C–C–N with tert-alkyl or cyclic N) is 1. The molecule has 2 aliphatic heterocycles. The number of carbonyl (C=O) groups excluding carboxylic acids is 1. The lowest BCUT2D eigenvalue weighted by molar-refractivity contribution is -0.0213. The molecule has 7 heteroatoms. The Balaban J connectivity index is 1.27. The second kappa shape index (κ2) is 9.55. The summed E-state index contributed by atoms with van der Waals surface area (Å²) < 4.78 is 11.2. The smallest absolute Gasteiger partial charge is 0.254 e. The average Bonchev–Trinajstić information content (AvgIpc) is 3.20. The van der Waals surface area contributed by atoms with Crippen molar-refractivity contribution in [3.05, 3.63) is 59.9 Å². The summed E-state index contributed by atoms with van der Waals surface area (Å²) in [4.78, 5) is 21.0. The Kier molecular flexibility index (Phi) is 6.62. The van der Waals surface area contributed by atoms with Gasteiger partial charge in [0.15, 0.2) is 0 Å². The van der Waals surface area contributed by atoms with Crippen LogP contribution in [0.3, 0.4) is 0 Å². The summed E-state index contributed by atoms with van der Waals surface area (Å²) in [6.07, 6.45) is 5.14. The van der Waals surface area contributed by atoms with E-state index in [1.807, 2.05) is 18.3 Å². The Morgan fingerprint density at radius 3 is 2.60 bits per heavy atom. The van der Waals surface area contributed by atoms with Gasteiger partial charge in [-0.05, 0) is 48.7 Å². The predicted octanol–water partition coefficient (Wildman–Crippen LogP) is 1.96. The Labute approximate surface area is 177 Å². The van der Waals surface area contributed by atoms with Crippen molar-refractivity contribution >= 4 is 5.91 Å². The number of carbonyl (C=O) groups is 1. The molecule has 0 saturated carbocycles. The SMILES string of the molecule is COc1ccc(C(=O)N2C[C@H](O)[C@@H](N3CCC(OCc4cccnc4)CC3)C2)cc1. The molecule has 1 amide bonds. The van der Waals surface area contributed by atoms with Crippen LogP contribution in [0.15, 0.2) is 48.8 Å². The highest BCUT2D eigenvalue weighted by Gasteiger charge is 2.39. The third-order valence-corrected chi connectivity index (χ3v) is 6.04. The first-order valence-corrected chi connectivity index (χ1v) is 10.5. The molecule has 3 heterocycles. The molecule has 1 N–H and O–H groups in total. The number of piperidine rings is 1. The molecule has 2 fully saturated rings. The number of hydrogen-bond donors (Lipinski definition) is 1. The fraction of sp³-hybridized carbons (Fsp3) is 0.478. The van der Waals surface area contributed by atoms with Crippen molar-refractivity contribution in [2.24, 2.45) is 0 Å². The van der Waals surface area contributed by atoms with Crippen LogP contribution in [0.25, 0.3) is 0 Å². The number of benzene rings is 1. The summed E-state index contributed by atoms with van der Waals surface area (Å²) in [6, 6.07) is 11.0. The molecule has 0 spiro atoms. The first-order chi connectivity index (χ1) is 14.6. The summed E-state index contributed by atoms with van der Waals surface area (Å²) in [7, 11) is 1.60. The first-order valence-electron chi connectivity index (χ1n) is 10.5. The number of amides is 1. The van der Waals surface area contributed by atoms with Gasteiger partial charge in [0.25, 0.3) is 5.91 Å². The van der Waals surface area contributed by atoms with Crippen LogP contribution in [0.5, 0.6) is 5.75 Å². The predicted molar refractivity (Wildman–Crippen MR) is 112 cm³/mol. The van der Waals surface area contributed by atoms with Crippen LogP contribution in [0.1, 0.15) is 28.8 Å². The molecule has 4 rings (SSSR count). The van der Waals surface area contributed by atoms with Crippen molar-refractivity contribution < 1.29 is 19.4 Å². The fourth-order valence-electron chi connectivity index (χ4n) is 4.28. The summed E-state index contributed by atoms with van der Waals surface area (Å²) >= 11 is 0. The van der Waals surface area contributed by atoms with Crippen LogP contribution < -0.4 is 4.74 Å². The van der Waals surface area contributed by atoms with Crippen molar-refractivity contribution in [3.63, 3.8) is 0 Å². The number of nitrogens with zero attached hydrogens (tertiary/aromatic N) is 3. The van der Waals surface area contributed by atoms with Crippen molar-refractivity contribution in [2.45, 2.75) is 37.7 Å². The Hall–Kier alpha value is -2.48. The standard InChI is InChI=1S/C23H29N3O4/c1-29-19-6-4-18(5-7-19)23(28)26-14-21(22(27)15-26)25-11-8-20(9-12-25)30-16-17-3-2-10-24-13-17/h2-7,10,13,20-22,27H,8-9,11-12,14-16H2,1H3/t21-,22-/m0/s1. The highest BCUT2D eigenvalue weighted by atomic mass is 16.5. The number of ether oxygens (including phenoxy) is 2. The van der Waals surface area contributed by atoms with Gasteiger partial charge < -0.3 is 19.5 Å². The maximum Gasteiger partial charge on any atom is 0.254 e. The maximum atomic E-state index is 12.8.